The minimum Gasteiger partial charge on any atom is -0.382 e. The molecule has 1 amide bonds. The Morgan fingerprint density at radius 3 is 2.56 bits per heavy atom. The highest BCUT2D eigenvalue weighted by molar-refractivity contribution is 6.19. The Balaban J connectivity index is 1.85. The predicted octanol–water partition coefficient (Wildman–Crippen LogP) is 5.59. The van der Waals surface area contributed by atoms with Crippen LogP contribution < -0.4 is 11.1 Å². The van der Waals surface area contributed by atoms with Crippen LogP contribution in [0, 0.1) is 13.8 Å². The lowest BCUT2D eigenvalue weighted by molar-refractivity contribution is 0.100. The van der Waals surface area contributed by atoms with Gasteiger partial charge < -0.3 is 20.1 Å². The van der Waals surface area contributed by atoms with Gasteiger partial charge in [0.05, 0.1) is 11.2 Å². The molecule has 5 rings (SSSR count). The lowest BCUT2D eigenvalue weighted by atomic mass is 9.97. The number of aromatic nitrogens is 2. The zero-order chi connectivity index (χ0) is 23.8. The van der Waals surface area contributed by atoms with Gasteiger partial charge in [0.1, 0.15) is 12.4 Å². The Labute approximate surface area is 196 Å². The van der Waals surface area contributed by atoms with Crippen molar-refractivity contribution in [1.29, 1.82) is 0 Å². The number of benzene rings is 3. The van der Waals surface area contributed by atoms with Crippen molar-refractivity contribution in [2.24, 2.45) is 5.73 Å². The number of hydrogen-bond donors (Lipinski definition) is 2. The Bertz CT molecular complexity index is 1500. The minimum atomic E-state index is -0.514. The van der Waals surface area contributed by atoms with Crippen LogP contribution in [0.15, 0.2) is 65.2 Å². The van der Waals surface area contributed by atoms with Crippen molar-refractivity contribution in [3.8, 4) is 11.1 Å². The molecular weight excluding hydrogens is 431 g/mol. The predicted molar refractivity (Wildman–Crippen MR) is 133 cm³/mol. The van der Waals surface area contributed by atoms with Crippen LogP contribution in [-0.2, 0) is 6.54 Å². The van der Waals surface area contributed by atoms with E-state index in [1.807, 2.05) is 56.3 Å². The van der Waals surface area contributed by atoms with Gasteiger partial charge in [-0.15, -0.1) is 0 Å². The molecule has 0 saturated carbocycles. The molecule has 0 fully saturated rings. The van der Waals surface area contributed by atoms with Crippen molar-refractivity contribution in [3.63, 3.8) is 0 Å². The summed E-state index contributed by atoms with van der Waals surface area (Å²) in [6, 6.07) is 19.9. The van der Waals surface area contributed by atoms with Crippen LogP contribution in [0.4, 0.5) is 10.1 Å². The Morgan fingerprint density at radius 1 is 1.09 bits per heavy atom. The molecule has 0 radical (unpaired) electrons. The van der Waals surface area contributed by atoms with Crippen molar-refractivity contribution in [1.82, 2.24) is 9.72 Å². The summed E-state index contributed by atoms with van der Waals surface area (Å²) in [4.78, 5) is 12.7. The fourth-order valence-corrected chi connectivity index (χ4v) is 4.70. The molecule has 3 N–H and O–H groups in total. The van der Waals surface area contributed by atoms with Gasteiger partial charge in [-0.25, -0.2) is 4.39 Å². The zero-order valence-electron chi connectivity index (χ0n) is 19.1. The number of carbonyl (C=O) groups excluding carboxylic acids is 1. The van der Waals surface area contributed by atoms with E-state index in [0.717, 1.165) is 49.9 Å². The van der Waals surface area contributed by atoms with E-state index in [0.29, 0.717) is 17.9 Å². The van der Waals surface area contributed by atoms with Crippen molar-refractivity contribution in [3.05, 3.63) is 83.2 Å². The van der Waals surface area contributed by atoms with E-state index < -0.39 is 12.6 Å². The normalized spacial score (nSPS) is 11.4. The molecule has 172 valence electrons. The molecule has 7 heteroatoms. The van der Waals surface area contributed by atoms with Crippen molar-refractivity contribution < 1.29 is 13.7 Å². The van der Waals surface area contributed by atoms with Crippen molar-refractivity contribution in [2.45, 2.75) is 20.4 Å². The topological polar surface area (TPSA) is 86.1 Å². The second-order valence-corrected chi connectivity index (χ2v) is 8.40. The molecule has 5 aromatic rings. The summed E-state index contributed by atoms with van der Waals surface area (Å²) in [7, 11) is 0. The average molecular weight is 457 g/mol. The molecule has 0 saturated heterocycles. The number of hydrogen-bond acceptors (Lipinski definition) is 4. The number of alkyl halides is 1. The van der Waals surface area contributed by atoms with Gasteiger partial charge in [0, 0.05) is 46.2 Å². The number of primary amides is 1. The van der Waals surface area contributed by atoms with Crippen LogP contribution in [-0.4, -0.2) is 28.9 Å². The molecule has 0 aliphatic carbocycles. The fraction of sp³-hybridized carbons (Fsp3) is 0.185. The fourth-order valence-electron chi connectivity index (χ4n) is 4.70. The summed E-state index contributed by atoms with van der Waals surface area (Å²) in [5, 5.41) is 8.83. The van der Waals surface area contributed by atoms with Gasteiger partial charge in [0.15, 0.2) is 0 Å². The first kappa shape index (κ1) is 21.7. The van der Waals surface area contributed by atoms with Crippen molar-refractivity contribution in [2.75, 3.05) is 18.5 Å². The highest BCUT2D eigenvalue weighted by atomic mass is 19.1. The monoisotopic (exact) mass is 456 g/mol. The summed E-state index contributed by atoms with van der Waals surface area (Å²) in [5.41, 5.74) is 12.5. The summed E-state index contributed by atoms with van der Waals surface area (Å²) < 4.78 is 20.3. The SMILES string of the molecule is Cc1noc(C)c1-c1cc(C(N)=O)c2c3cc(NCCF)ccc3n(Cc3ccccc3)c2c1. The number of fused-ring (bicyclic) bond motifs is 3. The average Bonchev–Trinajstić information content (AvgIpc) is 3.33. The van der Waals surface area contributed by atoms with E-state index >= 15 is 0 Å². The summed E-state index contributed by atoms with van der Waals surface area (Å²) in [5.74, 6) is 0.162. The largest absolute Gasteiger partial charge is 0.382 e. The molecule has 0 aliphatic heterocycles. The molecule has 0 aliphatic rings. The van der Waals surface area contributed by atoms with Crippen LogP contribution in [0.5, 0.6) is 0 Å². The van der Waals surface area contributed by atoms with Gasteiger partial charge in [0.2, 0.25) is 5.91 Å². The maximum atomic E-state index is 12.8. The number of nitrogens with two attached hydrogens (primary N) is 1. The van der Waals surface area contributed by atoms with Gasteiger partial charge in [-0.05, 0) is 55.3 Å². The lowest BCUT2D eigenvalue weighted by Crippen LogP contribution is -2.12. The molecule has 6 nitrogen and oxygen atoms in total. The van der Waals surface area contributed by atoms with Gasteiger partial charge >= 0.3 is 0 Å². The Hall–Kier alpha value is -4.13. The summed E-state index contributed by atoms with van der Waals surface area (Å²) >= 11 is 0. The number of nitrogens with one attached hydrogen (secondary N) is 1. The van der Waals surface area contributed by atoms with Gasteiger partial charge in [-0.3, -0.25) is 4.79 Å². The van der Waals surface area contributed by atoms with Gasteiger partial charge in [-0.1, -0.05) is 35.5 Å². The third-order valence-electron chi connectivity index (χ3n) is 6.16. The van der Waals surface area contributed by atoms with Crippen LogP contribution in [0.25, 0.3) is 32.9 Å². The number of nitrogens with zero attached hydrogens (tertiary/aromatic N) is 2. The molecule has 0 bridgehead atoms. The minimum absolute atomic E-state index is 0.215. The molecule has 2 aromatic heterocycles. The van der Waals surface area contributed by atoms with E-state index in [1.54, 1.807) is 0 Å². The standard InChI is InChI=1S/C27H25FN4O2/c1-16-25(17(2)34-31-16)19-12-22(27(29)33)26-21-14-20(30-11-10-28)8-9-23(21)32(24(26)13-19)15-18-6-4-3-5-7-18/h3-9,12-14,30H,10-11,15H2,1-2H3,(H2,29,33). The number of aryl methyl sites for hydroxylation is 2. The molecule has 0 atom stereocenters. The quantitative estimate of drug-likeness (QED) is 0.334. The van der Waals surface area contributed by atoms with Gasteiger partial charge in [0.25, 0.3) is 0 Å². The number of rotatable bonds is 7. The Kier molecular flexibility index (Phi) is 5.53. The molecule has 2 heterocycles. The smallest absolute Gasteiger partial charge is 0.249 e. The van der Waals surface area contributed by atoms with E-state index in [4.69, 9.17) is 10.3 Å². The highest BCUT2D eigenvalue weighted by Crippen LogP contribution is 2.38. The van der Waals surface area contributed by atoms with E-state index in [1.165, 1.54) is 0 Å². The van der Waals surface area contributed by atoms with Crippen LogP contribution in [0.1, 0.15) is 27.4 Å². The second kappa shape index (κ2) is 8.67. The first-order chi connectivity index (χ1) is 16.5. The number of amides is 1. The molecule has 34 heavy (non-hydrogen) atoms. The summed E-state index contributed by atoms with van der Waals surface area (Å²) in [6.07, 6.45) is 0. The van der Waals surface area contributed by atoms with E-state index in [2.05, 4.69) is 33.2 Å². The molecular formula is C27H25FN4O2. The number of halogens is 1. The maximum absolute atomic E-state index is 12.8. The number of carbonyl (C=O) groups is 1. The van der Waals surface area contributed by atoms with Crippen LogP contribution in [0.2, 0.25) is 0 Å². The van der Waals surface area contributed by atoms with E-state index in [-0.39, 0.29) is 6.54 Å². The second-order valence-electron chi connectivity index (χ2n) is 8.40. The van der Waals surface area contributed by atoms with E-state index in [9.17, 15) is 9.18 Å². The van der Waals surface area contributed by atoms with Gasteiger partial charge in [-0.2, -0.15) is 0 Å². The highest BCUT2D eigenvalue weighted by Gasteiger charge is 2.21. The summed E-state index contributed by atoms with van der Waals surface area (Å²) in [6.45, 7) is 4.09. The molecule has 3 aromatic carbocycles. The lowest BCUT2D eigenvalue weighted by Gasteiger charge is -2.10. The molecule has 0 spiro atoms. The van der Waals surface area contributed by atoms with Crippen LogP contribution in [0.3, 0.4) is 0 Å². The molecule has 0 unspecified atom stereocenters. The zero-order valence-corrected chi connectivity index (χ0v) is 19.1. The Morgan fingerprint density at radius 2 is 1.88 bits per heavy atom. The van der Waals surface area contributed by atoms with Crippen LogP contribution >= 0.6 is 0 Å². The maximum Gasteiger partial charge on any atom is 0.249 e. The first-order valence-electron chi connectivity index (χ1n) is 11.1. The third kappa shape index (κ3) is 3.69. The number of anilines is 1. The third-order valence-corrected chi connectivity index (χ3v) is 6.16. The first-order valence-corrected chi connectivity index (χ1v) is 11.1. The van der Waals surface area contributed by atoms with Crippen molar-refractivity contribution >= 4 is 33.4 Å².